The van der Waals surface area contributed by atoms with E-state index in [9.17, 15) is 0 Å². The zero-order valence-electron chi connectivity index (χ0n) is 11.5. The fraction of sp³-hybridized carbons (Fsp3) is 0.643. The third-order valence-corrected chi connectivity index (χ3v) is 5.27. The van der Waals surface area contributed by atoms with Crippen LogP contribution in [0.5, 0.6) is 0 Å². The molecule has 5 heteroatoms. The number of hydrogen-bond donors (Lipinski definition) is 0. The molecule has 2 heterocycles. The lowest BCUT2D eigenvalue weighted by atomic mass is 9.86. The number of fused-ring (bicyclic) bond motifs is 1. The van der Waals surface area contributed by atoms with Crippen molar-refractivity contribution < 1.29 is 0 Å². The molecule has 3 rings (SSSR count). The van der Waals surface area contributed by atoms with Crippen LogP contribution in [0, 0.1) is 5.92 Å². The molecule has 19 heavy (non-hydrogen) atoms. The van der Waals surface area contributed by atoms with Gasteiger partial charge in [0, 0.05) is 24.7 Å². The lowest BCUT2D eigenvalue weighted by molar-refractivity contribution is 0.335. The number of halogens is 1. The van der Waals surface area contributed by atoms with E-state index in [0.717, 1.165) is 22.4 Å². The second-order valence-corrected chi connectivity index (χ2v) is 6.75. The SMILES string of the molecule is CC1CCCC(N(C)c2nc3sccn3c2CCl)C1. The number of hydrogen-bond acceptors (Lipinski definition) is 3. The van der Waals surface area contributed by atoms with E-state index in [1.165, 1.54) is 25.7 Å². The van der Waals surface area contributed by atoms with Crippen LogP contribution in [0.25, 0.3) is 4.96 Å². The fourth-order valence-corrected chi connectivity index (χ4v) is 4.13. The van der Waals surface area contributed by atoms with Crippen molar-refractivity contribution in [3.8, 4) is 0 Å². The van der Waals surface area contributed by atoms with Gasteiger partial charge in [-0.15, -0.1) is 22.9 Å². The Balaban J connectivity index is 1.91. The minimum Gasteiger partial charge on any atom is -0.355 e. The monoisotopic (exact) mass is 297 g/mol. The first kappa shape index (κ1) is 13.3. The normalized spacial score (nSPS) is 23.9. The van der Waals surface area contributed by atoms with Gasteiger partial charge in [0.15, 0.2) is 10.8 Å². The summed E-state index contributed by atoms with van der Waals surface area (Å²) in [5.41, 5.74) is 1.12. The number of nitrogens with zero attached hydrogens (tertiary/aromatic N) is 3. The van der Waals surface area contributed by atoms with Crippen molar-refractivity contribution in [2.24, 2.45) is 5.92 Å². The van der Waals surface area contributed by atoms with E-state index >= 15 is 0 Å². The zero-order chi connectivity index (χ0) is 13.4. The first-order valence-corrected chi connectivity index (χ1v) is 8.35. The number of imidazole rings is 1. The average Bonchev–Trinajstić information content (AvgIpc) is 2.97. The molecule has 1 saturated carbocycles. The van der Waals surface area contributed by atoms with Gasteiger partial charge in [0.1, 0.15) is 0 Å². The van der Waals surface area contributed by atoms with E-state index in [1.807, 2.05) is 0 Å². The molecule has 0 radical (unpaired) electrons. The summed E-state index contributed by atoms with van der Waals surface area (Å²) in [6, 6.07) is 0.607. The standard InChI is InChI=1S/C14H20ClN3S/c1-10-4-3-5-11(8-10)17(2)13-12(9-15)18-6-7-19-14(18)16-13/h6-7,10-11H,3-5,8-9H2,1-2H3. The molecule has 1 aliphatic rings. The van der Waals surface area contributed by atoms with Crippen molar-refractivity contribution in [3.05, 3.63) is 17.3 Å². The maximum absolute atomic E-state index is 6.14. The molecule has 2 unspecified atom stereocenters. The summed E-state index contributed by atoms with van der Waals surface area (Å²) in [4.78, 5) is 8.16. The van der Waals surface area contributed by atoms with Gasteiger partial charge in [-0.2, -0.15) is 0 Å². The third-order valence-electron chi connectivity index (χ3n) is 4.26. The minimum atomic E-state index is 0.514. The summed E-state index contributed by atoms with van der Waals surface area (Å²) in [5.74, 6) is 2.41. The first-order valence-electron chi connectivity index (χ1n) is 6.94. The van der Waals surface area contributed by atoms with E-state index < -0.39 is 0 Å². The highest BCUT2D eigenvalue weighted by molar-refractivity contribution is 7.15. The quantitative estimate of drug-likeness (QED) is 0.793. The van der Waals surface area contributed by atoms with Crippen LogP contribution in [-0.4, -0.2) is 22.5 Å². The smallest absolute Gasteiger partial charge is 0.195 e. The Morgan fingerprint density at radius 1 is 1.53 bits per heavy atom. The van der Waals surface area contributed by atoms with Gasteiger partial charge in [0.2, 0.25) is 0 Å². The van der Waals surface area contributed by atoms with Crippen LogP contribution in [0.1, 0.15) is 38.3 Å². The molecule has 2 aromatic rings. The predicted octanol–water partition coefficient (Wildman–Crippen LogP) is 4.15. The van der Waals surface area contributed by atoms with Crippen LogP contribution >= 0.6 is 22.9 Å². The topological polar surface area (TPSA) is 20.5 Å². The molecule has 1 fully saturated rings. The molecular formula is C14H20ClN3S. The number of aromatic nitrogens is 2. The summed E-state index contributed by atoms with van der Waals surface area (Å²) < 4.78 is 2.12. The van der Waals surface area contributed by atoms with Crippen molar-refractivity contribution in [1.29, 1.82) is 0 Å². The molecule has 0 saturated heterocycles. The first-order chi connectivity index (χ1) is 9.20. The lowest BCUT2D eigenvalue weighted by Crippen LogP contribution is -2.36. The van der Waals surface area contributed by atoms with Crippen LogP contribution < -0.4 is 4.90 Å². The van der Waals surface area contributed by atoms with E-state index in [0.29, 0.717) is 11.9 Å². The van der Waals surface area contributed by atoms with E-state index in [1.54, 1.807) is 11.3 Å². The van der Waals surface area contributed by atoms with Gasteiger partial charge >= 0.3 is 0 Å². The number of alkyl halides is 1. The van der Waals surface area contributed by atoms with E-state index in [-0.39, 0.29) is 0 Å². The molecular weight excluding hydrogens is 278 g/mol. The van der Waals surface area contributed by atoms with Crippen molar-refractivity contribution in [2.45, 2.75) is 44.5 Å². The summed E-state index contributed by atoms with van der Waals surface area (Å²) in [5, 5.41) is 2.06. The Morgan fingerprint density at radius 2 is 2.37 bits per heavy atom. The minimum absolute atomic E-state index is 0.514. The molecule has 2 atom stereocenters. The summed E-state index contributed by atoms with van der Waals surface area (Å²) >= 11 is 7.81. The highest BCUT2D eigenvalue weighted by Crippen LogP contribution is 2.32. The Bertz CT molecular complexity index is 562. The number of rotatable bonds is 3. The van der Waals surface area contributed by atoms with Crippen molar-refractivity contribution in [3.63, 3.8) is 0 Å². The summed E-state index contributed by atoms with van der Waals surface area (Å²) in [6.45, 7) is 2.36. The third kappa shape index (κ3) is 2.36. The average molecular weight is 298 g/mol. The van der Waals surface area contributed by atoms with Gasteiger partial charge in [0.25, 0.3) is 0 Å². The highest BCUT2D eigenvalue weighted by atomic mass is 35.5. The molecule has 0 aromatic carbocycles. The Hall–Kier alpha value is -0.740. The van der Waals surface area contributed by atoms with Gasteiger partial charge in [-0.05, 0) is 18.8 Å². The van der Waals surface area contributed by atoms with Gasteiger partial charge < -0.3 is 4.90 Å². The Morgan fingerprint density at radius 3 is 3.11 bits per heavy atom. The van der Waals surface area contributed by atoms with Crippen LogP contribution in [0.15, 0.2) is 11.6 Å². The van der Waals surface area contributed by atoms with E-state index in [2.05, 4.69) is 34.8 Å². The van der Waals surface area contributed by atoms with Gasteiger partial charge in [-0.1, -0.05) is 19.8 Å². The van der Waals surface area contributed by atoms with Gasteiger partial charge in [0.05, 0.1) is 11.6 Å². The molecule has 0 bridgehead atoms. The lowest BCUT2D eigenvalue weighted by Gasteiger charge is -2.34. The van der Waals surface area contributed by atoms with Gasteiger partial charge in [-0.3, -0.25) is 4.40 Å². The van der Waals surface area contributed by atoms with Gasteiger partial charge in [-0.25, -0.2) is 4.98 Å². The van der Waals surface area contributed by atoms with Crippen molar-refractivity contribution >= 4 is 33.7 Å². The van der Waals surface area contributed by atoms with E-state index in [4.69, 9.17) is 16.6 Å². The van der Waals surface area contributed by atoms with Crippen molar-refractivity contribution in [2.75, 3.05) is 11.9 Å². The maximum Gasteiger partial charge on any atom is 0.195 e. The summed E-state index contributed by atoms with van der Waals surface area (Å²) in [6.07, 6.45) is 7.29. The number of thiazole rings is 1. The molecule has 0 amide bonds. The van der Waals surface area contributed by atoms with Crippen LogP contribution in [-0.2, 0) is 5.88 Å². The highest BCUT2D eigenvalue weighted by Gasteiger charge is 2.26. The predicted molar refractivity (Wildman–Crippen MR) is 82.4 cm³/mol. The van der Waals surface area contributed by atoms with Crippen LogP contribution in [0.3, 0.4) is 0 Å². The molecule has 104 valence electrons. The molecule has 0 aliphatic heterocycles. The second kappa shape index (κ2) is 5.33. The van der Waals surface area contributed by atoms with Crippen LogP contribution in [0.4, 0.5) is 5.82 Å². The fourth-order valence-electron chi connectivity index (χ4n) is 3.15. The number of anilines is 1. The van der Waals surface area contributed by atoms with Crippen LogP contribution in [0.2, 0.25) is 0 Å². The van der Waals surface area contributed by atoms with Crippen molar-refractivity contribution in [1.82, 2.24) is 9.38 Å². The molecule has 0 N–H and O–H groups in total. The Kier molecular flexibility index (Phi) is 3.72. The molecule has 1 aliphatic carbocycles. The molecule has 2 aromatic heterocycles. The largest absolute Gasteiger partial charge is 0.355 e. The molecule has 3 nitrogen and oxygen atoms in total. The summed E-state index contributed by atoms with van der Waals surface area (Å²) in [7, 11) is 2.17. The molecule has 0 spiro atoms. The maximum atomic E-state index is 6.14. The Labute approximate surface area is 123 Å². The second-order valence-electron chi connectivity index (χ2n) is 5.61. The zero-order valence-corrected chi connectivity index (χ0v) is 13.0.